The standard InChI is InChI=1S/C13H15NO2S2/c1-10-6-3-4-8-13(10)18(15,16)14-11(2)12-7-5-9-17-12/h3-9,11,14H,1-2H3. The molecule has 1 N–H and O–H groups in total. The number of sulfonamides is 1. The van der Waals surface area contributed by atoms with E-state index in [4.69, 9.17) is 0 Å². The third-order valence-corrected chi connectivity index (χ3v) is 5.44. The second kappa shape index (κ2) is 5.22. The Morgan fingerprint density at radius 3 is 2.50 bits per heavy atom. The third kappa shape index (κ3) is 2.80. The van der Waals surface area contributed by atoms with Gasteiger partial charge in [-0.1, -0.05) is 24.3 Å². The maximum Gasteiger partial charge on any atom is 0.241 e. The predicted octanol–water partition coefficient (Wildman–Crippen LogP) is 3.10. The molecule has 1 aromatic heterocycles. The summed E-state index contributed by atoms with van der Waals surface area (Å²) in [6.45, 7) is 3.64. The van der Waals surface area contributed by atoms with Gasteiger partial charge in [-0.2, -0.15) is 0 Å². The van der Waals surface area contributed by atoms with Gasteiger partial charge in [0.15, 0.2) is 0 Å². The molecule has 1 atom stereocenters. The molecule has 2 aromatic rings. The number of benzene rings is 1. The molecular formula is C13H15NO2S2. The zero-order valence-corrected chi connectivity index (χ0v) is 11.9. The molecule has 0 aliphatic rings. The fourth-order valence-electron chi connectivity index (χ4n) is 1.75. The van der Waals surface area contributed by atoms with Crippen molar-refractivity contribution in [1.82, 2.24) is 4.72 Å². The lowest BCUT2D eigenvalue weighted by Crippen LogP contribution is -2.26. The van der Waals surface area contributed by atoms with Gasteiger partial charge in [0.2, 0.25) is 10.0 Å². The molecule has 0 radical (unpaired) electrons. The Kier molecular flexibility index (Phi) is 3.85. The fraction of sp³-hybridized carbons (Fsp3) is 0.231. The summed E-state index contributed by atoms with van der Waals surface area (Å²) in [7, 11) is -3.46. The van der Waals surface area contributed by atoms with Crippen molar-refractivity contribution in [2.75, 3.05) is 0 Å². The van der Waals surface area contributed by atoms with E-state index in [1.807, 2.05) is 30.5 Å². The Labute approximate surface area is 112 Å². The van der Waals surface area contributed by atoms with Crippen molar-refractivity contribution >= 4 is 21.4 Å². The predicted molar refractivity (Wildman–Crippen MR) is 74.2 cm³/mol. The van der Waals surface area contributed by atoms with Crippen molar-refractivity contribution in [2.24, 2.45) is 0 Å². The SMILES string of the molecule is Cc1ccccc1S(=O)(=O)NC(C)c1cccs1. The van der Waals surface area contributed by atoms with Gasteiger partial charge in [0.1, 0.15) is 0 Å². The summed E-state index contributed by atoms with van der Waals surface area (Å²) in [6, 6.07) is 10.6. The van der Waals surface area contributed by atoms with Gasteiger partial charge in [-0.05, 0) is 36.9 Å². The van der Waals surface area contributed by atoms with Gasteiger partial charge in [-0.25, -0.2) is 13.1 Å². The van der Waals surface area contributed by atoms with Crippen LogP contribution in [0.3, 0.4) is 0 Å². The van der Waals surface area contributed by atoms with E-state index in [0.29, 0.717) is 4.90 Å². The molecule has 0 bridgehead atoms. The topological polar surface area (TPSA) is 46.2 Å². The van der Waals surface area contributed by atoms with Gasteiger partial charge < -0.3 is 0 Å². The maximum atomic E-state index is 12.3. The van der Waals surface area contributed by atoms with E-state index in [0.717, 1.165) is 10.4 Å². The summed E-state index contributed by atoms with van der Waals surface area (Å²) >= 11 is 1.54. The van der Waals surface area contributed by atoms with Crippen LogP contribution in [-0.4, -0.2) is 8.42 Å². The first-order valence-electron chi connectivity index (χ1n) is 5.62. The van der Waals surface area contributed by atoms with Crippen molar-refractivity contribution < 1.29 is 8.42 Å². The lowest BCUT2D eigenvalue weighted by atomic mass is 10.2. The Bertz CT molecular complexity index is 618. The van der Waals surface area contributed by atoms with Gasteiger partial charge in [-0.3, -0.25) is 0 Å². The van der Waals surface area contributed by atoms with Crippen LogP contribution < -0.4 is 4.72 Å². The number of aryl methyl sites for hydroxylation is 1. The zero-order chi connectivity index (χ0) is 13.2. The van der Waals surface area contributed by atoms with E-state index in [1.54, 1.807) is 36.5 Å². The minimum Gasteiger partial charge on any atom is -0.207 e. The van der Waals surface area contributed by atoms with Crippen LogP contribution in [-0.2, 0) is 10.0 Å². The van der Waals surface area contributed by atoms with Crippen molar-refractivity contribution in [2.45, 2.75) is 24.8 Å². The number of hydrogen-bond acceptors (Lipinski definition) is 3. The van der Waals surface area contributed by atoms with Crippen LogP contribution >= 0.6 is 11.3 Å². The maximum absolute atomic E-state index is 12.3. The average Bonchev–Trinajstić information content (AvgIpc) is 2.82. The first-order chi connectivity index (χ1) is 8.50. The normalized spacial score (nSPS) is 13.4. The highest BCUT2D eigenvalue weighted by Gasteiger charge is 2.20. The van der Waals surface area contributed by atoms with Crippen molar-refractivity contribution in [1.29, 1.82) is 0 Å². The number of nitrogens with one attached hydrogen (secondary N) is 1. The van der Waals surface area contributed by atoms with E-state index >= 15 is 0 Å². The van der Waals surface area contributed by atoms with Crippen LogP contribution in [0.25, 0.3) is 0 Å². The monoisotopic (exact) mass is 281 g/mol. The van der Waals surface area contributed by atoms with Crippen LogP contribution in [0.15, 0.2) is 46.7 Å². The first-order valence-corrected chi connectivity index (χ1v) is 7.98. The summed E-state index contributed by atoms with van der Waals surface area (Å²) < 4.78 is 27.2. The van der Waals surface area contributed by atoms with Crippen LogP contribution in [0.4, 0.5) is 0 Å². The number of hydrogen-bond donors (Lipinski definition) is 1. The molecular weight excluding hydrogens is 266 g/mol. The molecule has 0 amide bonds. The molecule has 2 rings (SSSR count). The van der Waals surface area contributed by atoms with E-state index in [9.17, 15) is 8.42 Å². The van der Waals surface area contributed by atoms with Crippen LogP contribution in [0.5, 0.6) is 0 Å². The number of thiophene rings is 1. The lowest BCUT2D eigenvalue weighted by Gasteiger charge is -2.14. The molecule has 0 spiro atoms. The smallest absolute Gasteiger partial charge is 0.207 e. The van der Waals surface area contributed by atoms with Crippen LogP contribution in [0, 0.1) is 6.92 Å². The van der Waals surface area contributed by atoms with Gasteiger partial charge in [0, 0.05) is 4.88 Å². The molecule has 5 heteroatoms. The molecule has 0 aliphatic heterocycles. The minimum absolute atomic E-state index is 0.213. The minimum atomic E-state index is -3.46. The van der Waals surface area contributed by atoms with Crippen molar-refractivity contribution in [3.63, 3.8) is 0 Å². The molecule has 96 valence electrons. The highest BCUT2D eigenvalue weighted by Crippen LogP contribution is 2.22. The fourth-order valence-corrected chi connectivity index (χ4v) is 4.03. The molecule has 18 heavy (non-hydrogen) atoms. The molecule has 1 heterocycles. The Morgan fingerprint density at radius 1 is 1.17 bits per heavy atom. The largest absolute Gasteiger partial charge is 0.241 e. The average molecular weight is 281 g/mol. The van der Waals surface area contributed by atoms with Gasteiger partial charge in [-0.15, -0.1) is 11.3 Å². The second-order valence-corrected chi connectivity index (χ2v) is 6.79. The summed E-state index contributed by atoms with van der Waals surface area (Å²) in [5.74, 6) is 0. The van der Waals surface area contributed by atoms with Crippen LogP contribution in [0.1, 0.15) is 23.4 Å². The molecule has 0 saturated heterocycles. The zero-order valence-electron chi connectivity index (χ0n) is 10.3. The van der Waals surface area contributed by atoms with Gasteiger partial charge in [0.25, 0.3) is 0 Å². The highest BCUT2D eigenvalue weighted by molar-refractivity contribution is 7.89. The molecule has 0 saturated carbocycles. The summed E-state index contributed by atoms with van der Waals surface area (Å²) in [5.41, 5.74) is 0.753. The van der Waals surface area contributed by atoms with E-state index in [-0.39, 0.29) is 6.04 Å². The highest BCUT2D eigenvalue weighted by atomic mass is 32.2. The van der Waals surface area contributed by atoms with Crippen molar-refractivity contribution in [3.8, 4) is 0 Å². The Balaban J connectivity index is 2.26. The first kappa shape index (κ1) is 13.3. The summed E-state index contributed by atoms with van der Waals surface area (Å²) in [5, 5.41) is 1.94. The lowest BCUT2D eigenvalue weighted by molar-refractivity contribution is 0.568. The van der Waals surface area contributed by atoms with Gasteiger partial charge in [0.05, 0.1) is 10.9 Å². The molecule has 3 nitrogen and oxygen atoms in total. The molecule has 0 fully saturated rings. The van der Waals surface area contributed by atoms with E-state index in [1.165, 1.54) is 0 Å². The van der Waals surface area contributed by atoms with Crippen LogP contribution in [0.2, 0.25) is 0 Å². The third-order valence-electron chi connectivity index (χ3n) is 2.68. The van der Waals surface area contributed by atoms with E-state index in [2.05, 4.69) is 4.72 Å². The summed E-state index contributed by atoms with van der Waals surface area (Å²) in [4.78, 5) is 1.35. The van der Waals surface area contributed by atoms with Crippen molar-refractivity contribution in [3.05, 3.63) is 52.2 Å². The number of rotatable bonds is 4. The second-order valence-electron chi connectivity index (χ2n) is 4.12. The Morgan fingerprint density at radius 2 is 1.89 bits per heavy atom. The summed E-state index contributed by atoms with van der Waals surface area (Å²) in [6.07, 6.45) is 0. The molecule has 1 unspecified atom stereocenters. The molecule has 0 aliphatic carbocycles. The Hall–Kier alpha value is -1.17. The van der Waals surface area contributed by atoms with Gasteiger partial charge >= 0.3 is 0 Å². The molecule has 1 aromatic carbocycles. The van der Waals surface area contributed by atoms with E-state index < -0.39 is 10.0 Å². The quantitative estimate of drug-likeness (QED) is 0.936.